The van der Waals surface area contributed by atoms with Crippen LogP contribution >= 0.6 is 11.6 Å². The lowest BCUT2D eigenvalue weighted by Gasteiger charge is -2.34. The van der Waals surface area contributed by atoms with Crippen LogP contribution in [0.5, 0.6) is 5.75 Å². The van der Waals surface area contributed by atoms with E-state index in [2.05, 4.69) is 10.1 Å². The Morgan fingerprint density at radius 1 is 1.35 bits per heavy atom. The van der Waals surface area contributed by atoms with Crippen LogP contribution in [-0.2, 0) is 12.0 Å². The zero-order chi connectivity index (χ0) is 14.0. The van der Waals surface area contributed by atoms with Gasteiger partial charge in [0.05, 0.1) is 23.6 Å². The van der Waals surface area contributed by atoms with Gasteiger partial charge in [0.1, 0.15) is 5.75 Å². The van der Waals surface area contributed by atoms with Crippen LogP contribution in [0.15, 0.2) is 28.8 Å². The summed E-state index contributed by atoms with van der Waals surface area (Å²) >= 11 is 6.00. The van der Waals surface area contributed by atoms with Crippen molar-refractivity contribution in [2.75, 3.05) is 6.61 Å². The smallest absolute Gasteiger partial charge is 0.230 e. The highest BCUT2D eigenvalue weighted by atomic mass is 35.5. The first-order chi connectivity index (χ1) is 9.67. The van der Waals surface area contributed by atoms with Crippen molar-refractivity contribution in [1.29, 1.82) is 0 Å². The van der Waals surface area contributed by atoms with Crippen LogP contribution < -0.4 is 10.5 Å². The maximum atomic E-state index is 6.14. The van der Waals surface area contributed by atoms with Gasteiger partial charge in [0.15, 0.2) is 5.82 Å². The van der Waals surface area contributed by atoms with Crippen LogP contribution in [0.1, 0.15) is 31.0 Å². The molecule has 20 heavy (non-hydrogen) atoms. The molecule has 1 aliphatic carbocycles. The van der Waals surface area contributed by atoms with Crippen molar-refractivity contribution in [3.63, 3.8) is 0 Å². The summed E-state index contributed by atoms with van der Waals surface area (Å²) in [7, 11) is 0. The second-order valence-electron chi connectivity index (χ2n) is 5.05. The molecular formula is C14H16ClN3O2. The number of rotatable bonds is 5. The first kappa shape index (κ1) is 13.4. The number of halogens is 1. The van der Waals surface area contributed by atoms with Crippen molar-refractivity contribution >= 4 is 11.6 Å². The maximum absolute atomic E-state index is 6.14. The van der Waals surface area contributed by atoms with E-state index in [1.165, 1.54) is 0 Å². The Balaban J connectivity index is 1.55. The number of para-hydroxylation sites is 1. The minimum Gasteiger partial charge on any atom is -0.491 e. The first-order valence-corrected chi connectivity index (χ1v) is 7.04. The number of nitrogens with zero attached hydrogens (tertiary/aromatic N) is 2. The standard InChI is InChI=1S/C14H16ClN3O2/c15-10-4-1-2-5-11(10)19-9-6-12-17-13(18-20-12)14(16)7-3-8-14/h1-2,4-5H,3,6-9,16H2. The zero-order valence-electron chi connectivity index (χ0n) is 11.0. The van der Waals surface area contributed by atoms with Crippen LogP contribution in [0.3, 0.4) is 0 Å². The maximum Gasteiger partial charge on any atom is 0.230 e. The minimum absolute atomic E-state index is 0.384. The topological polar surface area (TPSA) is 74.2 Å². The van der Waals surface area contributed by atoms with Crippen molar-refractivity contribution in [2.24, 2.45) is 5.73 Å². The van der Waals surface area contributed by atoms with Crippen molar-refractivity contribution in [2.45, 2.75) is 31.2 Å². The number of benzene rings is 1. The van der Waals surface area contributed by atoms with Crippen molar-refractivity contribution in [3.8, 4) is 5.75 Å². The molecule has 1 aliphatic rings. The number of hydrogen-bond acceptors (Lipinski definition) is 5. The lowest BCUT2D eigenvalue weighted by molar-refractivity contribution is 0.228. The molecule has 5 nitrogen and oxygen atoms in total. The first-order valence-electron chi connectivity index (χ1n) is 6.67. The molecule has 1 fully saturated rings. The molecule has 6 heteroatoms. The second kappa shape index (κ2) is 5.42. The van der Waals surface area contributed by atoms with Crippen LogP contribution in [-0.4, -0.2) is 16.7 Å². The fourth-order valence-electron chi connectivity index (χ4n) is 2.15. The van der Waals surface area contributed by atoms with E-state index in [0.717, 1.165) is 19.3 Å². The molecule has 1 saturated carbocycles. The van der Waals surface area contributed by atoms with Gasteiger partial charge < -0.3 is 15.0 Å². The molecule has 0 spiro atoms. The summed E-state index contributed by atoms with van der Waals surface area (Å²) in [6.07, 6.45) is 3.49. The third kappa shape index (κ3) is 2.64. The Labute approximate surface area is 122 Å². The lowest BCUT2D eigenvalue weighted by atomic mass is 9.77. The predicted octanol–water partition coefficient (Wildman–Crippen LogP) is 2.68. The Morgan fingerprint density at radius 3 is 2.85 bits per heavy atom. The molecule has 0 saturated heterocycles. The highest BCUT2D eigenvalue weighted by Crippen LogP contribution is 2.36. The van der Waals surface area contributed by atoms with Crippen LogP contribution in [0.25, 0.3) is 0 Å². The predicted molar refractivity (Wildman–Crippen MR) is 74.7 cm³/mol. The Bertz CT molecular complexity index is 596. The summed E-state index contributed by atoms with van der Waals surface area (Å²) in [6, 6.07) is 7.35. The zero-order valence-corrected chi connectivity index (χ0v) is 11.8. The van der Waals surface area contributed by atoms with E-state index in [-0.39, 0.29) is 5.54 Å². The van der Waals surface area contributed by atoms with Crippen molar-refractivity contribution in [1.82, 2.24) is 10.1 Å². The average molecular weight is 294 g/mol. The molecule has 0 radical (unpaired) electrons. The van der Waals surface area contributed by atoms with E-state index in [1.807, 2.05) is 18.2 Å². The lowest BCUT2D eigenvalue weighted by Crippen LogP contribution is -2.44. The van der Waals surface area contributed by atoms with E-state index >= 15 is 0 Å². The van der Waals surface area contributed by atoms with Gasteiger partial charge in [0, 0.05) is 0 Å². The molecule has 2 N–H and O–H groups in total. The van der Waals surface area contributed by atoms with Gasteiger partial charge >= 0.3 is 0 Å². The van der Waals surface area contributed by atoms with Gasteiger partial charge in [0.2, 0.25) is 5.89 Å². The Hall–Kier alpha value is -1.59. The summed E-state index contributed by atoms with van der Waals surface area (Å²) in [5.41, 5.74) is 5.76. The second-order valence-corrected chi connectivity index (χ2v) is 5.46. The third-order valence-corrected chi connectivity index (χ3v) is 3.88. The Kier molecular flexibility index (Phi) is 3.63. The quantitative estimate of drug-likeness (QED) is 0.917. The molecule has 0 aliphatic heterocycles. The van der Waals surface area contributed by atoms with E-state index < -0.39 is 0 Å². The number of nitrogens with two attached hydrogens (primary N) is 1. The molecule has 0 atom stereocenters. The van der Waals surface area contributed by atoms with Gasteiger partial charge in [-0.2, -0.15) is 4.98 Å². The summed E-state index contributed by atoms with van der Waals surface area (Å²) in [5.74, 6) is 1.81. The summed E-state index contributed by atoms with van der Waals surface area (Å²) in [5, 5.41) is 4.55. The summed E-state index contributed by atoms with van der Waals surface area (Å²) in [6.45, 7) is 0.433. The monoisotopic (exact) mass is 293 g/mol. The molecule has 0 amide bonds. The van der Waals surface area contributed by atoms with E-state index in [4.69, 9.17) is 26.6 Å². The van der Waals surface area contributed by atoms with E-state index in [9.17, 15) is 0 Å². The Morgan fingerprint density at radius 2 is 2.15 bits per heavy atom. The van der Waals surface area contributed by atoms with Gasteiger partial charge in [-0.3, -0.25) is 0 Å². The molecule has 1 heterocycles. The van der Waals surface area contributed by atoms with Crippen LogP contribution in [0.2, 0.25) is 5.02 Å². The number of hydrogen-bond donors (Lipinski definition) is 1. The average Bonchev–Trinajstić information content (AvgIpc) is 2.87. The summed E-state index contributed by atoms with van der Waals surface area (Å²) < 4.78 is 10.8. The number of aromatic nitrogens is 2. The van der Waals surface area contributed by atoms with Crippen LogP contribution in [0, 0.1) is 0 Å². The molecule has 106 valence electrons. The van der Waals surface area contributed by atoms with Gasteiger partial charge in [0.25, 0.3) is 0 Å². The minimum atomic E-state index is -0.384. The molecule has 0 bridgehead atoms. The largest absolute Gasteiger partial charge is 0.491 e. The number of ether oxygens (including phenoxy) is 1. The SMILES string of the molecule is NC1(c2noc(CCOc3ccccc3Cl)n2)CCC1. The van der Waals surface area contributed by atoms with Gasteiger partial charge in [-0.1, -0.05) is 28.9 Å². The van der Waals surface area contributed by atoms with Crippen molar-refractivity contribution in [3.05, 3.63) is 41.0 Å². The normalized spacial score (nSPS) is 16.7. The fraction of sp³-hybridized carbons (Fsp3) is 0.429. The molecule has 3 rings (SSSR count). The highest BCUT2D eigenvalue weighted by Gasteiger charge is 2.38. The summed E-state index contributed by atoms with van der Waals surface area (Å²) in [4.78, 5) is 4.34. The molecule has 1 aromatic heterocycles. The van der Waals surface area contributed by atoms with E-state index in [0.29, 0.717) is 35.5 Å². The van der Waals surface area contributed by atoms with Crippen LogP contribution in [0.4, 0.5) is 0 Å². The van der Waals surface area contributed by atoms with Gasteiger partial charge in [-0.05, 0) is 31.4 Å². The molecular weight excluding hydrogens is 278 g/mol. The molecule has 2 aromatic rings. The fourth-order valence-corrected chi connectivity index (χ4v) is 2.34. The third-order valence-electron chi connectivity index (χ3n) is 3.57. The highest BCUT2D eigenvalue weighted by molar-refractivity contribution is 6.32. The van der Waals surface area contributed by atoms with Crippen molar-refractivity contribution < 1.29 is 9.26 Å². The van der Waals surface area contributed by atoms with Gasteiger partial charge in [-0.15, -0.1) is 0 Å². The van der Waals surface area contributed by atoms with E-state index in [1.54, 1.807) is 6.07 Å². The molecule has 0 unspecified atom stereocenters. The van der Waals surface area contributed by atoms with Gasteiger partial charge in [-0.25, -0.2) is 0 Å². The molecule has 1 aromatic carbocycles.